The van der Waals surface area contributed by atoms with Crippen LogP contribution >= 0.6 is 0 Å². The lowest BCUT2D eigenvalue weighted by molar-refractivity contribution is -0.597. The fourth-order valence-corrected chi connectivity index (χ4v) is 4.20. The predicted octanol–water partition coefficient (Wildman–Crippen LogP) is 3.47. The number of azo groups is 2. The number of nitrogens with zero attached hydrogens (tertiary/aromatic N) is 7. The Kier molecular flexibility index (Phi) is 8.40. The van der Waals surface area contributed by atoms with Crippen LogP contribution in [0.25, 0.3) is 5.69 Å². The number of pyridine rings is 2. The first-order valence-corrected chi connectivity index (χ1v) is 12.4. The average Bonchev–Trinajstić information content (AvgIpc) is 2.81. The van der Waals surface area contributed by atoms with Crippen LogP contribution < -0.4 is 10.1 Å². The normalized spacial score (nSPS) is 12.3. The van der Waals surface area contributed by atoms with Gasteiger partial charge in [-0.15, -0.1) is 10.2 Å². The maximum Gasteiger partial charge on any atom is 0.326 e. The molecule has 2 N–H and O–H groups in total. The summed E-state index contributed by atoms with van der Waals surface area (Å²) < 4.78 is 36.2. The van der Waals surface area contributed by atoms with E-state index in [9.17, 15) is 22.9 Å². The van der Waals surface area contributed by atoms with E-state index in [1.54, 1.807) is 42.1 Å². The molecule has 13 heteroatoms. The highest BCUT2D eigenvalue weighted by Gasteiger charge is 2.26. The van der Waals surface area contributed by atoms with Gasteiger partial charge in [0.15, 0.2) is 18.1 Å². The summed E-state index contributed by atoms with van der Waals surface area (Å²) in [5.74, 6) is -0.405. The van der Waals surface area contributed by atoms with Crippen molar-refractivity contribution >= 4 is 27.2 Å². The Morgan fingerprint density at radius 1 is 1.08 bits per heavy atom. The van der Waals surface area contributed by atoms with E-state index >= 15 is 0 Å². The third kappa shape index (κ3) is 6.05. The molecule has 0 saturated heterocycles. The Morgan fingerprint density at radius 3 is 2.39 bits per heavy atom. The molecule has 1 aromatic carbocycles. The van der Waals surface area contributed by atoms with Gasteiger partial charge >= 0.3 is 5.56 Å². The second-order valence-corrected chi connectivity index (χ2v) is 9.56. The number of benzene rings is 1. The molecule has 36 heavy (non-hydrogen) atoms. The van der Waals surface area contributed by atoms with Crippen LogP contribution in [0, 0.1) is 6.92 Å². The molecule has 0 fully saturated rings. The van der Waals surface area contributed by atoms with E-state index in [0.717, 1.165) is 6.07 Å². The van der Waals surface area contributed by atoms with Crippen molar-refractivity contribution in [1.29, 1.82) is 0 Å². The van der Waals surface area contributed by atoms with E-state index in [-0.39, 0.29) is 29.3 Å². The standard InChI is InChI=1S/C23H27N7O5S/c1-16-20(27-26-18-15-17(25-24-2)9-10-19(18)36(33,34)35)22(31)30(14-8-11-28(3)4)23(32)21(16)29-12-6-5-7-13-29/h5-7,9-10,12-13,15H,8,11,14H2,1-4H3,(H-,26,31,32,33,34,35)/p+1. The molecule has 0 unspecified atom stereocenters. The summed E-state index contributed by atoms with van der Waals surface area (Å²) in [7, 11) is 0.626. The number of hydrogen-bond donors (Lipinski definition) is 2. The van der Waals surface area contributed by atoms with Crippen molar-refractivity contribution in [2.24, 2.45) is 20.5 Å². The van der Waals surface area contributed by atoms with Gasteiger partial charge in [-0.1, -0.05) is 6.07 Å². The fourth-order valence-electron chi connectivity index (χ4n) is 3.60. The molecule has 0 atom stereocenters. The van der Waals surface area contributed by atoms with Gasteiger partial charge < -0.3 is 10.0 Å². The fraction of sp³-hybridized carbons (Fsp3) is 0.304. The third-order valence-electron chi connectivity index (χ3n) is 5.28. The Morgan fingerprint density at radius 2 is 1.78 bits per heavy atom. The first-order valence-electron chi connectivity index (χ1n) is 11.0. The Bertz CT molecular complexity index is 1470. The first-order chi connectivity index (χ1) is 17.0. The van der Waals surface area contributed by atoms with E-state index in [4.69, 9.17) is 0 Å². The topological polar surface area (TPSA) is 153 Å². The molecule has 0 aliphatic carbocycles. The van der Waals surface area contributed by atoms with Crippen molar-refractivity contribution in [1.82, 2.24) is 9.47 Å². The molecule has 0 radical (unpaired) electrons. The van der Waals surface area contributed by atoms with Crippen LogP contribution in [0.15, 0.2) is 78.9 Å². The summed E-state index contributed by atoms with van der Waals surface area (Å²) in [5, 5.41) is 26.7. The number of rotatable bonds is 9. The van der Waals surface area contributed by atoms with Gasteiger partial charge in [0.1, 0.15) is 10.6 Å². The van der Waals surface area contributed by atoms with Crippen LogP contribution in [0.5, 0.6) is 5.88 Å². The molecule has 190 valence electrons. The summed E-state index contributed by atoms with van der Waals surface area (Å²) in [4.78, 5) is 14.8. The van der Waals surface area contributed by atoms with E-state index < -0.39 is 26.5 Å². The molecule has 3 aromatic rings. The van der Waals surface area contributed by atoms with Gasteiger partial charge in [-0.05, 0) is 52.2 Å². The van der Waals surface area contributed by atoms with E-state index in [1.165, 1.54) is 23.7 Å². The van der Waals surface area contributed by atoms with Gasteiger partial charge in [0.05, 0.1) is 11.3 Å². The molecule has 0 saturated carbocycles. The van der Waals surface area contributed by atoms with E-state index in [1.807, 2.05) is 19.0 Å². The number of hydrogen-bond acceptors (Lipinski definition) is 9. The molecule has 12 nitrogen and oxygen atoms in total. The van der Waals surface area contributed by atoms with Crippen molar-refractivity contribution in [3.05, 3.63) is 64.7 Å². The molecular formula is C23H28N7O5S+. The van der Waals surface area contributed by atoms with Gasteiger partial charge in [-0.3, -0.25) is 13.9 Å². The second-order valence-electron chi connectivity index (χ2n) is 8.17. The minimum Gasteiger partial charge on any atom is -0.493 e. The third-order valence-corrected chi connectivity index (χ3v) is 6.18. The van der Waals surface area contributed by atoms with Crippen LogP contribution in [-0.2, 0) is 16.7 Å². The lowest BCUT2D eigenvalue weighted by atomic mass is 10.2. The minimum absolute atomic E-state index is 0.0189. The predicted molar refractivity (Wildman–Crippen MR) is 133 cm³/mol. The van der Waals surface area contributed by atoms with Crippen LogP contribution in [0.4, 0.5) is 17.1 Å². The Balaban J connectivity index is 2.23. The monoisotopic (exact) mass is 514 g/mol. The first kappa shape index (κ1) is 26.8. The van der Waals surface area contributed by atoms with Crippen LogP contribution in [-0.4, -0.2) is 55.2 Å². The minimum atomic E-state index is -4.63. The Hall–Kier alpha value is -3.81. The zero-order valence-electron chi connectivity index (χ0n) is 20.4. The smallest absolute Gasteiger partial charge is 0.326 e. The Labute approximate surface area is 208 Å². The van der Waals surface area contributed by atoms with Crippen molar-refractivity contribution in [2.75, 3.05) is 27.7 Å². The van der Waals surface area contributed by atoms with Crippen molar-refractivity contribution in [2.45, 2.75) is 24.8 Å². The van der Waals surface area contributed by atoms with Gasteiger partial charge in [-0.25, -0.2) is 0 Å². The second kappa shape index (κ2) is 11.3. The van der Waals surface area contributed by atoms with Crippen molar-refractivity contribution in [3.8, 4) is 11.6 Å². The summed E-state index contributed by atoms with van der Waals surface area (Å²) in [6, 6.07) is 9.09. The molecule has 2 aromatic heterocycles. The van der Waals surface area contributed by atoms with E-state index in [0.29, 0.717) is 18.5 Å². The SMILES string of the molecule is CN=Nc1ccc(S(=O)(=O)O)c(/N=N/c2c(C)c(-[n+]3ccccc3)c(=O)n(CCCN(C)C)c2O)c1. The van der Waals surface area contributed by atoms with Gasteiger partial charge in [0.2, 0.25) is 5.88 Å². The van der Waals surface area contributed by atoms with Crippen LogP contribution in [0.3, 0.4) is 0 Å². The highest BCUT2D eigenvalue weighted by molar-refractivity contribution is 7.86. The van der Waals surface area contributed by atoms with Gasteiger partial charge in [-0.2, -0.15) is 23.2 Å². The summed E-state index contributed by atoms with van der Waals surface area (Å²) >= 11 is 0. The van der Waals surface area contributed by atoms with Crippen LogP contribution in [0.1, 0.15) is 12.0 Å². The van der Waals surface area contributed by atoms with Crippen molar-refractivity contribution in [3.63, 3.8) is 0 Å². The maximum absolute atomic E-state index is 13.4. The lowest BCUT2D eigenvalue weighted by Gasteiger charge is -2.14. The summed E-state index contributed by atoms with van der Waals surface area (Å²) in [6.45, 7) is 2.51. The molecule has 3 rings (SSSR count). The molecule has 0 aliphatic rings. The van der Waals surface area contributed by atoms with Gasteiger partial charge in [0, 0.05) is 25.7 Å². The lowest BCUT2D eigenvalue weighted by Crippen LogP contribution is -2.40. The summed E-state index contributed by atoms with van der Waals surface area (Å²) in [6.07, 6.45) is 3.97. The van der Waals surface area contributed by atoms with E-state index in [2.05, 4.69) is 20.5 Å². The highest BCUT2D eigenvalue weighted by atomic mass is 32.2. The molecular weight excluding hydrogens is 486 g/mol. The molecule has 0 amide bonds. The zero-order chi connectivity index (χ0) is 26.5. The largest absolute Gasteiger partial charge is 0.493 e. The van der Waals surface area contributed by atoms with Gasteiger partial charge in [0.25, 0.3) is 15.8 Å². The quantitative estimate of drug-likeness (QED) is 0.253. The number of aromatic hydroxyl groups is 1. The number of aromatic nitrogens is 2. The highest BCUT2D eigenvalue weighted by Crippen LogP contribution is 2.35. The maximum atomic E-state index is 13.4. The molecule has 0 aliphatic heterocycles. The zero-order valence-corrected chi connectivity index (χ0v) is 21.2. The van der Waals surface area contributed by atoms with Crippen LogP contribution in [0.2, 0.25) is 0 Å². The average molecular weight is 515 g/mol. The molecule has 0 bridgehead atoms. The molecule has 2 heterocycles. The molecule has 0 spiro atoms. The summed E-state index contributed by atoms with van der Waals surface area (Å²) in [5.41, 5.74) is 0.238. The van der Waals surface area contributed by atoms with Crippen molar-refractivity contribution < 1.29 is 22.6 Å².